The minimum Gasteiger partial charge on any atom is -0.511 e. The van der Waals surface area contributed by atoms with Gasteiger partial charge >= 0.3 is 0 Å². The Bertz CT molecular complexity index is 689. The maximum absolute atomic E-state index is 12.1. The molecule has 1 aliphatic carbocycles. The van der Waals surface area contributed by atoms with Gasteiger partial charge in [0.25, 0.3) is 0 Å². The highest BCUT2D eigenvalue weighted by Crippen LogP contribution is 2.28. The van der Waals surface area contributed by atoms with Crippen LogP contribution in [0.2, 0.25) is 0 Å². The van der Waals surface area contributed by atoms with Gasteiger partial charge in [-0.2, -0.15) is 0 Å². The molecule has 5 heteroatoms. The highest BCUT2D eigenvalue weighted by atomic mass is 16.3. The number of allylic oxidation sites excluding steroid dienone is 2. The van der Waals surface area contributed by atoms with Gasteiger partial charge in [-0.25, -0.2) is 0 Å². The number of amides is 1. The fourth-order valence-electron chi connectivity index (χ4n) is 1.94. The van der Waals surface area contributed by atoms with E-state index in [4.69, 9.17) is 0 Å². The van der Waals surface area contributed by atoms with E-state index >= 15 is 0 Å². The molecule has 1 atom stereocenters. The van der Waals surface area contributed by atoms with Crippen molar-refractivity contribution < 1.29 is 19.8 Å². The van der Waals surface area contributed by atoms with Crippen molar-refractivity contribution in [1.82, 2.24) is 5.32 Å². The third-order valence-corrected chi connectivity index (χ3v) is 3.37. The molecular formula is C19H21NO4. The summed E-state index contributed by atoms with van der Waals surface area (Å²) in [6, 6.07) is 8.71. The molecule has 1 aromatic rings. The molecule has 0 spiro atoms. The second-order valence-electron chi connectivity index (χ2n) is 5.08. The summed E-state index contributed by atoms with van der Waals surface area (Å²) in [4.78, 5) is 22.1. The van der Waals surface area contributed by atoms with Crippen molar-refractivity contribution in [1.29, 1.82) is 0 Å². The highest BCUT2D eigenvalue weighted by Gasteiger charge is 2.28. The molecular weight excluding hydrogens is 306 g/mol. The Balaban J connectivity index is 0.000000413. The Kier molecular flexibility index (Phi) is 6.89. The summed E-state index contributed by atoms with van der Waals surface area (Å²) in [5, 5.41) is 22.1. The number of rotatable bonds is 4. The maximum Gasteiger partial charge on any atom is 0.243 e. The lowest BCUT2D eigenvalue weighted by atomic mass is 9.88. The van der Waals surface area contributed by atoms with Gasteiger partial charge in [0.1, 0.15) is 11.4 Å². The van der Waals surface area contributed by atoms with Crippen LogP contribution < -0.4 is 5.32 Å². The maximum atomic E-state index is 12.1. The van der Waals surface area contributed by atoms with Gasteiger partial charge in [0.05, 0.1) is 5.57 Å². The number of aliphatic hydroxyl groups excluding tert-OH is 1. The Morgan fingerprint density at radius 1 is 1.25 bits per heavy atom. The third kappa shape index (κ3) is 5.07. The van der Waals surface area contributed by atoms with E-state index in [2.05, 4.69) is 18.5 Å². The van der Waals surface area contributed by atoms with Gasteiger partial charge in [-0.3, -0.25) is 9.59 Å². The normalized spacial score (nSPS) is 18.9. The Morgan fingerprint density at radius 3 is 2.29 bits per heavy atom. The Hall–Kier alpha value is -2.92. The largest absolute Gasteiger partial charge is 0.511 e. The number of Topliss-reactive ketones (excluding diaryl/α,β-unsaturated/α-hetero) is 1. The molecule has 0 heterocycles. The molecule has 0 saturated carbocycles. The monoisotopic (exact) mass is 327 g/mol. The standard InChI is InChI=1S/C15H14O3.C4H7NO/c1-2-15(18)9-8-12(13(16)10-15)14(17)11-6-4-3-5-7-11;1-3-4(6)5-2/h2-9,16,18H,1,10H2;3H,1H2,2H3,(H,5,6). The summed E-state index contributed by atoms with van der Waals surface area (Å²) in [6.45, 7) is 6.72. The number of hydrogen-bond acceptors (Lipinski definition) is 4. The lowest BCUT2D eigenvalue weighted by molar-refractivity contribution is -0.116. The molecule has 0 aliphatic heterocycles. The predicted molar refractivity (Wildman–Crippen MR) is 93.6 cm³/mol. The Labute approximate surface area is 141 Å². The van der Waals surface area contributed by atoms with E-state index in [-0.39, 0.29) is 29.4 Å². The molecule has 126 valence electrons. The minimum absolute atomic E-state index is 0.0269. The zero-order chi connectivity index (χ0) is 18.2. The molecule has 1 amide bonds. The molecule has 2 rings (SSSR count). The summed E-state index contributed by atoms with van der Waals surface area (Å²) < 4.78 is 0. The molecule has 1 unspecified atom stereocenters. The first kappa shape index (κ1) is 19.1. The van der Waals surface area contributed by atoms with E-state index in [0.29, 0.717) is 5.56 Å². The van der Waals surface area contributed by atoms with E-state index in [1.807, 2.05) is 6.07 Å². The summed E-state index contributed by atoms with van der Waals surface area (Å²) in [5.41, 5.74) is -0.551. The van der Waals surface area contributed by atoms with E-state index in [9.17, 15) is 19.8 Å². The average Bonchev–Trinajstić information content (AvgIpc) is 2.62. The van der Waals surface area contributed by atoms with Crippen LogP contribution in [0.1, 0.15) is 16.8 Å². The second kappa shape index (κ2) is 8.64. The summed E-state index contributed by atoms with van der Waals surface area (Å²) in [6.07, 6.45) is 5.44. The topological polar surface area (TPSA) is 86.6 Å². The zero-order valence-electron chi connectivity index (χ0n) is 13.5. The molecule has 5 nitrogen and oxygen atoms in total. The first-order valence-corrected chi connectivity index (χ1v) is 7.28. The zero-order valence-corrected chi connectivity index (χ0v) is 13.5. The van der Waals surface area contributed by atoms with E-state index in [1.165, 1.54) is 24.3 Å². The van der Waals surface area contributed by atoms with Crippen molar-refractivity contribution in [2.75, 3.05) is 7.05 Å². The van der Waals surface area contributed by atoms with Gasteiger partial charge in [-0.1, -0.05) is 49.6 Å². The number of ketones is 1. The first-order chi connectivity index (χ1) is 11.4. The number of likely N-dealkylation sites (N-methyl/N-ethyl adjacent to an activating group) is 1. The molecule has 0 aromatic heterocycles. The fourth-order valence-corrected chi connectivity index (χ4v) is 1.94. The summed E-state index contributed by atoms with van der Waals surface area (Å²) in [5.74, 6) is -0.515. The van der Waals surface area contributed by atoms with Crippen LogP contribution in [0.3, 0.4) is 0 Å². The van der Waals surface area contributed by atoms with Crippen LogP contribution in [0.15, 0.2) is 79.1 Å². The smallest absolute Gasteiger partial charge is 0.243 e. The lowest BCUT2D eigenvalue weighted by Crippen LogP contribution is -2.27. The molecule has 0 radical (unpaired) electrons. The molecule has 24 heavy (non-hydrogen) atoms. The highest BCUT2D eigenvalue weighted by molar-refractivity contribution is 6.11. The molecule has 3 N–H and O–H groups in total. The minimum atomic E-state index is -1.27. The second-order valence-corrected chi connectivity index (χ2v) is 5.08. The molecule has 0 saturated heterocycles. The number of carbonyl (C=O) groups excluding carboxylic acids is 2. The number of nitrogens with one attached hydrogen (secondary N) is 1. The molecule has 0 bridgehead atoms. The van der Waals surface area contributed by atoms with E-state index < -0.39 is 5.60 Å². The predicted octanol–water partition coefficient (Wildman–Crippen LogP) is 2.48. The van der Waals surface area contributed by atoms with Crippen LogP contribution in [0.25, 0.3) is 0 Å². The SMILES string of the molecule is C=CC(=O)NC.C=CC1(O)C=CC(C(=O)c2ccccc2)=C(O)C1. The number of aliphatic hydroxyl groups is 2. The molecule has 1 aliphatic rings. The van der Waals surface area contributed by atoms with Crippen molar-refractivity contribution in [3.05, 3.63) is 84.7 Å². The number of benzene rings is 1. The fraction of sp³-hybridized carbons (Fsp3) is 0.158. The lowest BCUT2D eigenvalue weighted by Gasteiger charge is -2.24. The van der Waals surface area contributed by atoms with Crippen LogP contribution in [-0.2, 0) is 4.79 Å². The van der Waals surface area contributed by atoms with Gasteiger partial charge in [-0.05, 0) is 18.2 Å². The summed E-state index contributed by atoms with van der Waals surface area (Å²) >= 11 is 0. The van der Waals surface area contributed by atoms with Gasteiger partial charge in [0, 0.05) is 19.0 Å². The first-order valence-electron chi connectivity index (χ1n) is 7.28. The van der Waals surface area contributed by atoms with Crippen LogP contribution in [0.4, 0.5) is 0 Å². The van der Waals surface area contributed by atoms with Crippen molar-refractivity contribution >= 4 is 11.7 Å². The van der Waals surface area contributed by atoms with E-state index in [1.54, 1.807) is 31.3 Å². The number of hydrogen-bond donors (Lipinski definition) is 3. The summed E-state index contributed by atoms with van der Waals surface area (Å²) in [7, 11) is 1.56. The van der Waals surface area contributed by atoms with Gasteiger partial charge in [0.15, 0.2) is 5.78 Å². The Morgan fingerprint density at radius 2 is 1.88 bits per heavy atom. The number of carbonyl (C=O) groups is 2. The molecule has 0 fully saturated rings. The van der Waals surface area contributed by atoms with Gasteiger partial charge in [0.2, 0.25) is 5.91 Å². The van der Waals surface area contributed by atoms with Gasteiger partial charge < -0.3 is 15.5 Å². The average molecular weight is 327 g/mol. The van der Waals surface area contributed by atoms with Crippen LogP contribution in [0.5, 0.6) is 0 Å². The van der Waals surface area contributed by atoms with Crippen LogP contribution >= 0.6 is 0 Å². The quantitative estimate of drug-likeness (QED) is 0.450. The van der Waals surface area contributed by atoms with E-state index in [0.717, 1.165) is 0 Å². The third-order valence-electron chi connectivity index (χ3n) is 3.37. The van der Waals surface area contributed by atoms with Crippen molar-refractivity contribution in [2.45, 2.75) is 12.0 Å². The molecule has 1 aromatic carbocycles. The van der Waals surface area contributed by atoms with Crippen molar-refractivity contribution in [2.24, 2.45) is 0 Å². The van der Waals surface area contributed by atoms with Gasteiger partial charge in [-0.15, -0.1) is 0 Å². The van der Waals surface area contributed by atoms with Crippen molar-refractivity contribution in [3.8, 4) is 0 Å². The van der Waals surface area contributed by atoms with Crippen LogP contribution in [0, 0.1) is 0 Å². The van der Waals surface area contributed by atoms with Crippen molar-refractivity contribution in [3.63, 3.8) is 0 Å². The van der Waals surface area contributed by atoms with Crippen LogP contribution in [-0.4, -0.2) is 34.6 Å².